The van der Waals surface area contributed by atoms with Crippen molar-refractivity contribution < 1.29 is 18.0 Å². The van der Waals surface area contributed by atoms with Crippen molar-refractivity contribution in [2.45, 2.75) is 51.2 Å². The summed E-state index contributed by atoms with van der Waals surface area (Å²) in [4.78, 5) is 16.1. The number of nitrogens with zero attached hydrogens (tertiary/aromatic N) is 1. The molecule has 130 valence electrons. The normalized spacial score (nSPS) is 34.4. The van der Waals surface area contributed by atoms with Gasteiger partial charge in [-0.3, -0.25) is 4.79 Å². The largest absolute Gasteiger partial charge is 0.433 e. The molecule has 1 aromatic rings. The first kappa shape index (κ1) is 15.9. The fraction of sp³-hybridized carbons (Fsp3) is 0.667. The molecule has 3 aliphatic carbocycles. The third kappa shape index (κ3) is 2.50. The first-order valence-electron chi connectivity index (χ1n) is 8.70. The molecule has 1 amide bonds. The molecule has 1 aromatic heterocycles. The maximum Gasteiger partial charge on any atom is 0.433 e. The van der Waals surface area contributed by atoms with E-state index in [1.807, 2.05) is 0 Å². The van der Waals surface area contributed by atoms with Crippen molar-refractivity contribution in [1.29, 1.82) is 0 Å². The standard InChI is InChI=1S/C18H21F3N2O/c1-9-11(5-6-16(22-9)18(19,20)21)17(24)23-15-8-10-7-14(15)13-4-2-3-12(10)13/h5-6,10,12-15H,2-4,7-8H2,1H3,(H,23,24)/t10-,12-,13-,14+,15-/m1/s1. The van der Waals surface area contributed by atoms with Gasteiger partial charge in [-0.2, -0.15) is 13.2 Å². The Morgan fingerprint density at radius 3 is 2.62 bits per heavy atom. The molecule has 1 heterocycles. The van der Waals surface area contributed by atoms with Gasteiger partial charge in [0, 0.05) is 6.04 Å². The summed E-state index contributed by atoms with van der Waals surface area (Å²) < 4.78 is 38.1. The highest BCUT2D eigenvalue weighted by Gasteiger charge is 2.54. The van der Waals surface area contributed by atoms with Gasteiger partial charge >= 0.3 is 6.18 Å². The average Bonchev–Trinajstić information content (AvgIpc) is 3.18. The molecule has 0 unspecified atom stereocenters. The van der Waals surface area contributed by atoms with Crippen LogP contribution in [0.3, 0.4) is 0 Å². The minimum atomic E-state index is -4.48. The highest BCUT2D eigenvalue weighted by molar-refractivity contribution is 5.95. The molecule has 3 fully saturated rings. The Labute approximate surface area is 139 Å². The summed E-state index contributed by atoms with van der Waals surface area (Å²) in [6.45, 7) is 1.46. The van der Waals surface area contributed by atoms with Crippen molar-refractivity contribution >= 4 is 5.91 Å². The van der Waals surface area contributed by atoms with Crippen LogP contribution in [0.4, 0.5) is 13.2 Å². The van der Waals surface area contributed by atoms with Crippen LogP contribution in [-0.2, 0) is 6.18 Å². The Morgan fingerprint density at radius 2 is 1.92 bits per heavy atom. The highest BCUT2D eigenvalue weighted by atomic mass is 19.4. The first-order valence-corrected chi connectivity index (χ1v) is 8.70. The Balaban J connectivity index is 1.47. The molecule has 4 rings (SSSR count). The number of alkyl halides is 3. The number of halogens is 3. The molecule has 0 radical (unpaired) electrons. The third-order valence-corrected chi connectivity index (χ3v) is 6.37. The quantitative estimate of drug-likeness (QED) is 0.887. The topological polar surface area (TPSA) is 42.0 Å². The monoisotopic (exact) mass is 338 g/mol. The van der Waals surface area contributed by atoms with Crippen molar-refractivity contribution in [3.8, 4) is 0 Å². The molecule has 0 aromatic carbocycles. The summed E-state index contributed by atoms with van der Waals surface area (Å²) in [5.74, 6) is 2.56. The Bertz CT molecular complexity index is 673. The number of hydrogen-bond acceptors (Lipinski definition) is 2. The number of hydrogen-bond donors (Lipinski definition) is 1. The number of fused-ring (bicyclic) bond motifs is 5. The predicted molar refractivity (Wildman–Crippen MR) is 82.3 cm³/mol. The van der Waals surface area contributed by atoms with E-state index in [-0.39, 0.29) is 23.2 Å². The van der Waals surface area contributed by atoms with E-state index in [4.69, 9.17) is 0 Å². The van der Waals surface area contributed by atoms with Gasteiger partial charge < -0.3 is 5.32 Å². The van der Waals surface area contributed by atoms with E-state index in [2.05, 4.69) is 10.3 Å². The van der Waals surface area contributed by atoms with Gasteiger partial charge in [0.1, 0.15) is 5.69 Å². The molecule has 5 atom stereocenters. The van der Waals surface area contributed by atoms with E-state index in [1.54, 1.807) is 0 Å². The lowest BCUT2D eigenvalue weighted by Gasteiger charge is -2.32. The maximum absolute atomic E-state index is 12.7. The number of pyridine rings is 1. The Hall–Kier alpha value is -1.59. The van der Waals surface area contributed by atoms with Crippen LogP contribution in [-0.4, -0.2) is 16.9 Å². The molecule has 0 spiro atoms. The lowest BCUT2D eigenvalue weighted by atomic mass is 9.79. The second-order valence-electron chi connectivity index (χ2n) is 7.56. The summed E-state index contributed by atoms with van der Waals surface area (Å²) in [5.41, 5.74) is -0.580. The van der Waals surface area contributed by atoms with Crippen molar-refractivity contribution in [2.75, 3.05) is 0 Å². The summed E-state index contributed by atoms with van der Waals surface area (Å²) in [6, 6.07) is 2.30. The lowest BCUT2D eigenvalue weighted by molar-refractivity contribution is -0.141. The number of rotatable bonds is 2. The zero-order chi connectivity index (χ0) is 17.1. The van der Waals surface area contributed by atoms with E-state index in [0.29, 0.717) is 5.92 Å². The van der Waals surface area contributed by atoms with Gasteiger partial charge in [-0.25, -0.2) is 4.98 Å². The van der Waals surface area contributed by atoms with Crippen LogP contribution in [0.2, 0.25) is 0 Å². The number of amides is 1. The Kier molecular flexibility index (Phi) is 3.62. The summed E-state index contributed by atoms with van der Waals surface area (Å²) >= 11 is 0. The van der Waals surface area contributed by atoms with Crippen LogP contribution in [0.5, 0.6) is 0 Å². The van der Waals surface area contributed by atoms with E-state index in [1.165, 1.54) is 38.7 Å². The smallest absolute Gasteiger partial charge is 0.349 e. The van der Waals surface area contributed by atoms with Gasteiger partial charge in [0.05, 0.1) is 11.3 Å². The Morgan fingerprint density at radius 1 is 1.17 bits per heavy atom. The summed E-state index contributed by atoms with van der Waals surface area (Å²) in [7, 11) is 0. The van der Waals surface area contributed by atoms with Gasteiger partial charge in [-0.15, -0.1) is 0 Å². The summed E-state index contributed by atoms with van der Waals surface area (Å²) in [6.07, 6.45) is 1.62. The number of aromatic nitrogens is 1. The highest BCUT2D eigenvalue weighted by Crippen LogP contribution is 2.58. The second-order valence-corrected chi connectivity index (χ2v) is 7.56. The molecule has 0 saturated heterocycles. The fourth-order valence-electron chi connectivity index (χ4n) is 5.44. The molecule has 3 nitrogen and oxygen atoms in total. The SMILES string of the molecule is Cc1nc(C(F)(F)F)ccc1C(=O)N[C@@H]1C[C@H]2C[C@H]1[C@@H]1CCC[C@H]21. The minimum Gasteiger partial charge on any atom is -0.349 e. The first-order chi connectivity index (χ1) is 11.3. The van der Waals surface area contributed by atoms with E-state index >= 15 is 0 Å². The van der Waals surface area contributed by atoms with E-state index in [0.717, 1.165) is 30.2 Å². The molecule has 0 aliphatic heterocycles. The molecule has 6 heteroatoms. The molecule has 3 saturated carbocycles. The number of carbonyl (C=O) groups is 1. The molecule has 24 heavy (non-hydrogen) atoms. The van der Waals surface area contributed by atoms with Crippen molar-refractivity contribution in [3.63, 3.8) is 0 Å². The van der Waals surface area contributed by atoms with Crippen LogP contribution in [0.1, 0.15) is 53.8 Å². The number of carbonyl (C=O) groups excluding carboxylic acids is 1. The van der Waals surface area contributed by atoms with Gasteiger partial charge in [-0.05, 0) is 68.4 Å². The van der Waals surface area contributed by atoms with Crippen molar-refractivity contribution in [1.82, 2.24) is 10.3 Å². The molecular formula is C18H21F3N2O. The average molecular weight is 338 g/mol. The maximum atomic E-state index is 12.7. The summed E-state index contributed by atoms with van der Waals surface area (Å²) in [5, 5.41) is 3.08. The zero-order valence-electron chi connectivity index (χ0n) is 13.6. The number of aryl methyl sites for hydroxylation is 1. The minimum absolute atomic E-state index is 0.129. The molecule has 3 aliphatic rings. The van der Waals surface area contributed by atoms with Crippen LogP contribution < -0.4 is 5.32 Å². The molecule has 1 N–H and O–H groups in total. The number of nitrogens with one attached hydrogen (secondary N) is 1. The van der Waals surface area contributed by atoms with E-state index < -0.39 is 11.9 Å². The van der Waals surface area contributed by atoms with Gasteiger partial charge in [-0.1, -0.05) is 6.42 Å². The zero-order valence-corrected chi connectivity index (χ0v) is 13.6. The fourth-order valence-corrected chi connectivity index (χ4v) is 5.44. The van der Waals surface area contributed by atoms with Gasteiger partial charge in [0.25, 0.3) is 5.91 Å². The van der Waals surface area contributed by atoms with Crippen LogP contribution in [0, 0.1) is 30.6 Å². The van der Waals surface area contributed by atoms with Crippen molar-refractivity contribution in [2.24, 2.45) is 23.7 Å². The molecule has 2 bridgehead atoms. The van der Waals surface area contributed by atoms with E-state index in [9.17, 15) is 18.0 Å². The van der Waals surface area contributed by atoms with Crippen LogP contribution >= 0.6 is 0 Å². The third-order valence-electron chi connectivity index (χ3n) is 6.37. The molecular weight excluding hydrogens is 317 g/mol. The van der Waals surface area contributed by atoms with Crippen LogP contribution in [0.25, 0.3) is 0 Å². The van der Waals surface area contributed by atoms with Crippen LogP contribution in [0.15, 0.2) is 12.1 Å². The van der Waals surface area contributed by atoms with Crippen molar-refractivity contribution in [3.05, 3.63) is 29.1 Å². The van der Waals surface area contributed by atoms with Gasteiger partial charge in [0.2, 0.25) is 0 Å². The lowest BCUT2D eigenvalue weighted by Crippen LogP contribution is -2.42. The second kappa shape index (κ2) is 5.46. The van der Waals surface area contributed by atoms with Gasteiger partial charge in [0.15, 0.2) is 0 Å². The predicted octanol–water partition coefficient (Wildman–Crippen LogP) is 3.96.